The molecule has 0 radical (unpaired) electrons. The molecule has 0 saturated heterocycles. The number of halogens is 2. The van der Waals surface area contributed by atoms with Crippen molar-refractivity contribution >= 4 is 29.3 Å². The Morgan fingerprint density at radius 1 is 0.897 bits per heavy atom. The summed E-state index contributed by atoms with van der Waals surface area (Å²) < 4.78 is 36.2. The van der Waals surface area contributed by atoms with Gasteiger partial charge >= 0.3 is 12.1 Å². The molecule has 29 heavy (non-hydrogen) atoms. The number of nitrogens with one attached hydrogen (secondary N) is 2. The van der Waals surface area contributed by atoms with Gasteiger partial charge in [-0.1, -0.05) is 0 Å². The van der Waals surface area contributed by atoms with Crippen LogP contribution in [0.4, 0.5) is 25.0 Å². The van der Waals surface area contributed by atoms with Gasteiger partial charge in [0.05, 0.1) is 5.56 Å². The fourth-order valence-corrected chi connectivity index (χ4v) is 2.15. The summed E-state index contributed by atoms with van der Waals surface area (Å²) in [7, 11) is 0. The summed E-state index contributed by atoms with van der Waals surface area (Å²) in [5.41, 5.74) is -0.196. The molecule has 2 rings (SSSR count). The molecule has 2 aromatic carbocycles. The number of amides is 2. The van der Waals surface area contributed by atoms with Crippen LogP contribution in [-0.4, -0.2) is 30.2 Å². The molecular weight excluding hydrogens is 386 g/mol. The van der Waals surface area contributed by atoms with Crippen LogP contribution in [0.2, 0.25) is 0 Å². The third kappa shape index (κ3) is 7.57. The van der Waals surface area contributed by atoms with Gasteiger partial charge < -0.3 is 14.8 Å². The smallest absolute Gasteiger partial charge is 0.412 e. The van der Waals surface area contributed by atoms with Gasteiger partial charge in [-0.3, -0.25) is 10.1 Å². The highest BCUT2D eigenvalue weighted by molar-refractivity contribution is 5.96. The number of esters is 1. The summed E-state index contributed by atoms with van der Waals surface area (Å²) in [4.78, 5) is 35.5. The Morgan fingerprint density at radius 3 is 2.03 bits per heavy atom. The van der Waals surface area contributed by atoms with Crippen molar-refractivity contribution < 1.29 is 32.6 Å². The number of carbonyl (C=O) groups excluding carboxylic acids is 3. The Kier molecular flexibility index (Phi) is 6.87. The number of anilines is 2. The molecular formula is C20H20F2N2O5. The fourth-order valence-electron chi connectivity index (χ4n) is 2.15. The Hall–Kier alpha value is -3.49. The number of hydrogen-bond donors (Lipinski definition) is 2. The molecule has 0 bridgehead atoms. The van der Waals surface area contributed by atoms with Gasteiger partial charge in [0.15, 0.2) is 6.61 Å². The van der Waals surface area contributed by atoms with E-state index in [-0.39, 0.29) is 11.3 Å². The van der Waals surface area contributed by atoms with Crippen LogP contribution in [0.5, 0.6) is 0 Å². The van der Waals surface area contributed by atoms with E-state index in [2.05, 4.69) is 10.6 Å². The standard InChI is InChI=1S/C20H20F2N2O5/c1-20(2,3)29-19(27)24-15-6-4-12(5-7-15)18(26)28-11-17(25)23-16-9-13(21)8-14(22)10-16/h4-10H,11H2,1-3H3,(H,23,25)(H,24,27). The van der Waals surface area contributed by atoms with Gasteiger partial charge in [-0.15, -0.1) is 0 Å². The molecule has 0 aliphatic heterocycles. The fraction of sp³-hybridized carbons (Fsp3) is 0.250. The minimum atomic E-state index is -0.850. The molecule has 2 aromatic rings. The first-order valence-electron chi connectivity index (χ1n) is 8.55. The lowest BCUT2D eigenvalue weighted by atomic mass is 10.2. The van der Waals surface area contributed by atoms with Gasteiger partial charge in [0.2, 0.25) is 0 Å². The van der Waals surface area contributed by atoms with Crippen molar-refractivity contribution in [3.63, 3.8) is 0 Å². The average molecular weight is 406 g/mol. The highest BCUT2D eigenvalue weighted by atomic mass is 19.1. The van der Waals surface area contributed by atoms with E-state index in [1.54, 1.807) is 20.8 Å². The predicted molar refractivity (Wildman–Crippen MR) is 102 cm³/mol. The molecule has 0 saturated carbocycles. The van der Waals surface area contributed by atoms with Gasteiger partial charge in [-0.05, 0) is 57.2 Å². The minimum absolute atomic E-state index is 0.0962. The van der Waals surface area contributed by atoms with Crippen LogP contribution in [0.3, 0.4) is 0 Å². The van der Waals surface area contributed by atoms with Crippen molar-refractivity contribution in [2.75, 3.05) is 17.2 Å². The van der Waals surface area contributed by atoms with Gasteiger partial charge in [0.25, 0.3) is 5.91 Å². The molecule has 0 aliphatic rings. The summed E-state index contributed by atoms with van der Waals surface area (Å²) >= 11 is 0. The summed E-state index contributed by atoms with van der Waals surface area (Å²) in [5, 5.41) is 4.73. The maximum Gasteiger partial charge on any atom is 0.412 e. The Balaban J connectivity index is 1.85. The van der Waals surface area contributed by atoms with Crippen molar-refractivity contribution in [1.29, 1.82) is 0 Å². The van der Waals surface area contributed by atoms with Crippen LogP contribution in [-0.2, 0) is 14.3 Å². The molecule has 0 aromatic heterocycles. The zero-order valence-corrected chi connectivity index (χ0v) is 16.0. The average Bonchev–Trinajstić information content (AvgIpc) is 2.57. The second-order valence-corrected chi connectivity index (χ2v) is 6.99. The zero-order valence-electron chi connectivity index (χ0n) is 16.0. The van der Waals surface area contributed by atoms with Gasteiger partial charge in [-0.25, -0.2) is 18.4 Å². The molecule has 2 N–H and O–H groups in total. The highest BCUT2D eigenvalue weighted by Gasteiger charge is 2.16. The number of rotatable bonds is 5. The largest absolute Gasteiger partial charge is 0.452 e. The first kappa shape index (κ1) is 21.8. The Labute approximate surface area is 166 Å². The van der Waals surface area contributed by atoms with Crippen molar-refractivity contribution in [2.45, 2.75) is 26.4 Å². The molecule has 0 spiro atoms. The van der Waals surface area contributed by atoms with Gasteiger partial charge in [0.1, 0.15) is 17.2 Å². The first-order chi connectivity index (χ1) is 13.5. The van der Waals surface area contributed by atoms with Crippen molar-refractivity contribution in [3.05, 3.63) is 59.7 Å². The van der Waals surface area contributed by atoms with E-state index in [0.29, 0.717) is 11.8 Å². The Bertz CT molecular complexity index is 888. The Morgan fingerprint density at radius 2 is 1.48 bits per heavy atom. The van der Waals surface area contributed by atoms with Gasteiger partial charge in [-0.2, -0.15) is 0 Å². The summed E-state index contributed by atoms with van der Waals surface area (Å²) in [6, 6.07) is 8.26. The van der Waals surface area contributed by atoms with E-state index in [9.17, 15) is 23.2 Å². The number of benzene rings is 2. The van der Waals surface area contributed by atoms with E-state index >= 15 is 0 Å². The number of ether oxygens (including phenoxy) is 2. The minimum Gasteiger partial charge on any atom is -0.452 e. The first-order valence-corrected chi connectivity index (χ1v) is 8.55. The lowest BCUT2D eigenvalue weighted by Gasteiger charge is -2.19. The zero-order chi connectivity index (χ0) is 21.6. The van der Waals surface area contributed by atoms with Crippen LogP contribution in [0.25, 0.3) is 0 Å². The maximum absolute atomic E-state index is 13.1. The van der Waals surface area contributed by atoms with E-state index in [1.807, 2.05) is 0 Å². The van der Waals surface area contributed by atoms with Crippen molar-refractivity contribution in [2.24, 2.45) is 0 Å². The summed E-state index contributed by atoms with van der Waals surface area (Å²) in [5.74, 6) is -3.24. The van der Waals surface area contributed by atoms with Crippen LogP contribution in [0, 0.1) is 11.6 Å². The third-order valence-corrected chi connectivity index (χ3v) is 3.25. The second kappa shape index (κ2) is 9.13. The summed E-state index contributed by atoms with van der Waals surface area (Å²) in [6.07, 6.45) is -0.640. The maximum atomic E-state index is 13.1. The molecule has 0 unspecified atom stereocenters. The molecule has 0 fully saturated rings. The quantitative estimate of drug-likeness (QED) is 0.729. The highest BCUT2D eigenvalue weighted by Crippen LogP contribution is 2.15. The molecule has 2 amide bonds. The second-order valence-electron chi connectivity index (χ2n) is 6.99. The topological polar surface area (TPSA) is 93.7 Å². The predicted octanol–water partition coefficient (Wildman–Crippen LogP) is 4.11. The molecule has 9 heteroatoms. The lowest BCUT2D eigenvalue weighted by Crippen LogP contribution is -2.27. The number of carbonyl (C=O) groups is 3. The van der Waals surface area contributed by atoms with E-state index in [1.165, 1.54) is 24.3 Å². The van der Waals surface area contributed by atoms with E-state index < -0.39 is 41.8 Å². The lowest BCUT2D eigenvalue weighted by molar-refractivity contribution is -0.119. The third-order valence-electron chi connectivity index (χ3n) is 3.25. The van der Waals surface area contributed by atoms with Crippen LogP contribution < -0.4 is 10.6 Å². The van der Waals surface area contributed by atoms with E-state index in [0.717, 1.165) is 12.1 Å². The molecule has 0 aliphatic carbocycles. The van der Waals surface area contributed by atoms with Gasteiger partial charge in [0, 0.05) is 17.4 Å². The molecule has 7 nitrogen and oxygen atoms in total. The summed E-state index contributed by atoms with van der Waals surface area (Å²) in [6.45, 7) is 4.54. The SMILES string of the molecule is CC(C)(C)OC(=O)Nc1ccc(C(=O)OCC(=O)Nc2cc(F)cc(F)c2)cc1. The van der Waals surface area contributed by atoms with Crippen LogP contribution in [0.15, 0.2) is 42.5 Å². The van der Waals surface area contributed by atoms with Crippen LogP contribution >= 0.6 is 0 Å². The monoisotopic (exact) mass is 406 g/mol. The molecule has 0 atom stereocenters. The number of hydrogen-bond acceptors (Lipinski definition) is 5. The van der Waals surface area contributed by atoms with Crippen molar-refractivity contribution in [1.82, 2.24) is 0 Å². The normalized spacial score (nSPS) is 10.8. The van der Waals surface area contributed by atoms with Crippen LogP contribution in [0.1, 0.15) is 31.1 Å². The molecule has 154 valence electrons. The van der Waals surface area contributed by atoms with E-state index in [4.69, 9.17) is 9.47 Å². The molecule has 0 heterocycles. The van der Waals surface area contributed by atoms with Crippen molar-refractivity contribution in [3.8, 4) is 0 Å².